The van der Waals surface area contributed by atoms with Crippen LogP contribution in [0.2, 0.25) is 10.0 Å². The van der Waals surface area contributed by atoms with E-state index in [2.05, 4.69) is 6.07 Å². The second-order valence-corrected chi connectivity index (χ2v) is 3.82. The molecule has 14 heavy (non-hydrogen) atoms. The van der Waals surface area contributed by atoms with Crippen LogP contribution in [0, 0.1) is 6.07 Å². The fraction of sp³-hybridized carbons (Fsp3) is 0. The Balaban J connectivity index is 2.52. The van der Waals surface area contributed by atoms with E-state index in [0.29, 0.717) is 10.0 Å². The number of rotatable bonds is 1. The lowest BCUT2D eigenvalue weighted by Gasteiger charge is -2.02. The summed E-state index contributed by atoms with van der Waals surface area (Å²) in [5, 5.41) is 1.31. The minimum Gasteiger partial charge on any atom is -0.0843 e. The van der Waals surface area contributed by atoms with Crippen molar-refractivity contribution in [2.24, 2.45) is 0 Å². The van der Waals surface area contributed by atoms with Gasteiger partial charge in [0, 0.05) is 10.0 Å². The lowest BCUT2D eigenvalue weighted by atomic mass is 10.1. The molecule has 0 aliphatic rings. The van der Waals surface area contributed by atoms with E-state index in [-0.39, 0.29) is 0 Å². The van der Waals surface area contributed by atoms with Crippen LogP contribution in [0.4, 0.5) is 0 Å². The van der Waals surface area contributed by atoms with E-state index in [4.69, 9.17) is 23.2 Å². The molecule has 2 aromatic rings. The Morgan fingerprint density at radius 1 is 0.786 bits per heavy atom. The highest BCUT2D eigenvalue weighted by Gasteiger charge is 1.99. The SMILES string of the molecule is Clc1cc(Cl)cc(-c2cc[c]cc2)c1. The molecule has 0 bridgehead atoms. The third kappa shape index (κ3) is 2.09. The number of halogens is 2. The van der Waals surface area contributed by atoms with Crippen LogP contribution in [0.15, 0.2) is 42.5 Å². The Kier molecular flexibility index (Phi) is 2.76. The molecule has 0 aromatic heterocycles. The molecular weight excluding hydrogens is 215 g/mol. The maximum atomic E-state index is 5.91. The van der Waals surface area contributed by atoms with Crippen LogP contribution >= 0.6 is 23.2 Å². The van der Waals surface area contributed by atoms with E-state index in [1.54, 1.807) is 6.07 Å². The van der Waals surface area contributed by atoms with Crippen molar-refractivity contribution in [1.29, 1.82) is 0 Å². The molecular formula is C12H7Cl2. The van der Waals surface area contributed by atoms with Crippen LogP contribution in [0.5, 0.6) is 0 Å². The molecule has 1 radical (unpaired) electrons. The molecule has 0 aliphatic carbocycles. The first-order valence-corrected chi connectivity index (χ1v) is 4.94. The molecule has 2 heteroatoms. The maximum Gasteiger partial charge on any atom is 0.0426 e. The first-order chi connectivity index (χ1) is 6.75. The van der Waals surface area contributed by atoms with Gasteiger partial charge in [-0.05, 0) is 35.4 Å². The highest BCUT2D eigenvalue weighted by atomic mass is 35.5. The fourth-order valence-electron chi connectivity index (χ4n) is 1.30. The van der Waals surface area contributed by atoms with Crippen molar-refractivity contribution in [2.75, 3.05) is 0 Å². The lowest BCUT2D eigenvalue weighted by molar-refractivity contribution is 1.61. The van der Waals surface area contributed by atoms with Gasteiger partial charge >= 0.3 is 0 Å². The molecule has 2 aromatic carbocycles. The van der Waals surface area contributed by atoms with Crippen LogP contribution in [0.3, 0.4) is 0 Å². The molecule has 0 fully saturated rings. The van der Waals surface area contributed by atoms with Gasteiger partial charge in [-0.15, -0.1) is 0 Å². The Morgan fingerprint density at radius 3 is 1.93 bits per heavy atom. The Hall–Kier alpha value is -0.980. The molecule has 0 spiro atoms. The molecule has 2 rings (SSSR count). The van der Waals surface area contributed by atoms with Gasteiger partial charge in [-0.25, -0.2) is 0 Å². The van der Waals surface area contributed by atoms with Crippen molar-refractivity contribution in [2.45, 2.75) is 0 Å². The molecule has 69 valence electrons. The fourth-order valence-corrected chi connectivity index (χ4v) is 1.83. The van der Waals surface area contributed by atoms with Crippen LogP contribution in [-0.4, -0.2) is 0 Å². The maximum absolute atomic E-state index is 5.91. The van der Waals surface area contributed by atoms with Crippen molar-refractivity contribution in [3.05, 3.63) is 58.6 Å². The van der Waals surface area contributed by atoms with E-state index in [1.165, 1.54) is 0 Å². The van der Waals surface area contributed by atoms with Crippen LogP contribution in [0.1, 0.15) is 0 Å². The highest BCUT2D eigenvalue weighted by molar-refractivity contribution is 6.35. The van der Waals surface area contributed by atoms with Gasteiger partial charge in [0.1, 0.15) is 0 Å². The van der Waals surface area contributed by atoms with Gasteiger partial charge in [0.25, 0.3) is 0 Å². The summed E-state index contributed by atoms with van der Waals surface area (Å²) in [6.07, 6.45) is 0. The second-order valence-electron chi connectivity index (χ2n) is 2.95. The van der Waals surface area contributed by atoms with Gasteiger partial charge in [-0.1, -0.05) is 47.5 Å². The van der Waals surface area contributed by atoms with E-state index < -0.39 is 0 Å². The van der Waals surface area contributed by atoms with Crippen LogP contribution in [0.25, 0.3) is 11.1 Å². The number of hydrogen-bond donors (Lipinski definition) is 0. The molecule has 0 aliphatic heterocycles. The molecule has 0 atom stereocenters. The average Bonchev–Trinajstić information content (AvgIpc) is 2.18. The minimum atomic E-state index is 0.653. The van der Waals surface area contributed by atoms with Gasteiger partial charge in [0.05, 0.1) is 0 Å². The van der Waals surface area contributed by atoms with Crippen LogP contribution < -0.4 is 0 Å². The smallest absolute Gasteiger partial charge is 0.0426 e. The average molecular weight is 222 g/mol. The molecule has 0 N–H and O–H groups in total. The zero-order valence-corrected chi connectivity index (χ0v) is 8.81. The van der Waals surface area contributed by atoms with Crippen molar-refractivity contribution in [1.82, 2.24) is 0 Å². The highest BCUT2D eigenvalue weighted by Crippen LogP contribution is 2.26. The van der Waals surface area contributed by atoms with Gasteiger partial charge in [-0.3, -0.25) is 0 Å². The van der Waals surface area contributed by atoms with Gasteiger partial charge in [-0.2, -0.15) is 0 Å². The monoisotopic (exact) mass is 221 g/mol. The van der Waals surface area contributed by atoms with Crippen molar-refractivity contribution < 1.29 is 0 Å². The lowest BCUT2D eigenvalue weighted by Crippen LogP contribution is -1.77. The molecule has 0 nitrogen and oxygen atoms in total. The summed E-state index contributed by atoms with van der Waals surface area (Å²) in [5.74, 6) is 0. The molecule has 0 saturated carbocycles. The van der Waals surface area contributed by atoms with Crippen molar-refractivity contribution in [3.8, 4) is 11.1 Å². The van der Waals surface area contributed by atoms with Crippen molar-refractivity contribution in [3.63, 3.8) is 0 Å². The largest absolute Gasteiger partial charge is 0.0843 e. The van der Waals surface area contributed by atoms with Gasteiger partial charge in [0.15, 0.2) is 0 Å². The van der Waals surface area contributed by atoms with E-state index in [9.17, 15) is 0 Å². The molecule has 0 amide bonds. The summed E-state index contributed by atoms with van der Waals surface area (Å²) >= 11 is 11.8. The topological polar surface area (TPSA) is 0 Å². The quantitative estimate of drug-likeness (QED) is 0.668. The predicted molar refractivity (Wildman–Crippen MR) is 60.7 cm³/mol. The first kappa shape index (κ1) is 9.57. The number of benzene rings is 2. The number of hydrogen-bond acceptors (Lipinski definition) is 0. The summed E-state index contributed by atoms with van der Waals surface area (Å²) in [4.78, 5) is 0. The molecule has 0 heterocycles. The normalized spacial score (nSPS) is 10.1. The molecule has 0 saturated heterocycles. The second kappa shape index (κ2) is 4.04. The third-order valence-electron chi connectivity index (χ3n) is 1.91. The van der Waals surface area contributed by atoms with Crippen molar-refractivity contribution >= 4 is 23.2 Å². The van der Waals surface area contributed by atoms with Crippen LogP contribution in [-0.2, 0) is 0 Å². The van der Waals surface area contributed by atoms with E-state index in [1.807, 2.05) is 36.4 Å². The Bertz CT molecular complexity index is 415. The Labute approximate surface area is 93.1 Å². The minimum absolute atomic E-state index is 0.653. The summed E-state index contributed by atoms with van der Waals surface area (Å²) in [7, 11) is 0. The summed E-state index contributed by atoms with van der Waals surface area (Å²) in [6.45, 7) is 0. The zero-order chi connectivity index (χ0) is 9.97. The third-order valence-corrected chi connectivity index (χ3v) is 2.35. The Morgan fingerprint density at radius 2 is 1.36 bits per heavy atom. The summed E-state index contributed by atoms with van der Waals surface area (Å²) in [5.41, 5.74) is 2.12. The molecule has 0 unspecified atom stereocenters. The predicted octanol–water partition coefficient (Wildman–Crippen LogP) is 4.46. The summed E-state index contributed by atoms with van der Waals surface area (Å²) < 4.78 is 0. The zero-order valence-electron chi connectivity index (χ0n) is 7.30. The first-order valence-electron chi connectivity index (χ1n) is 4.18. The van der Waals surface area contributed by atoms with Gasteiger partial charge in [0.2, 0.25) is 0 Å². The summed E-state index contributed by atoms with van der Waals surface area (Å²) in [6, 6.07) is 16.2. The van der Waals surface area contributed by atoms with Gasteiger partial charge < -0.3 is 0 Å². The van der Waals surface area contributed by atoms with E-state index >= 15 is 0 Å². The standard InChI is InChI=1S/C12H7Cl2/c13-11-6-10(7-12(14)8-11)9-4-2-1-3-5-9/h2-8H. The van der Waals surface area contributed by atoms with E-state index in [0.717, 1.165) is 11.1 Å².